The average molecular weight is 474 g/mol. The number of benzene rings is 1. The van der Waals surface area contributed by atoms with E-state index in [2.05, 4.69) is 12.0 Å². The number of sulfone groups is 1. The van der Waals surface area contributed by atoms with Gasteiger partial charge in [0.15, 0.2) is 9.84 Å². The second-order valence-electron chi connectivity index (χ2n) is 8.70. The molecule has 1 aromatic carbocycles. The summed E-state index contributed by atoms with van der Waals surface area (Å²) in [7, 11) is -3.40. The molecule has 6 nitrogen and oxygen atoms in total. The van der Waals surface area contributed by atoms with Crippen LogP contribution in [0.25, 0.3) is 16.8 Å². The zero-order valence-corrected chi connectivity index (χ0v) is 20.0. The van der Waals surface area contributed by atoms with Crippen molar-refractivity contribution < 1.29 is 8.42 Å². The van der Waals surface area contributed by atoms with Gasteiger partial charge in [0.2, 0.25) is 0 Å². The first-order valence-corrected chi connectivity index (χ1v) is 13.1. The predicted molar refractivity (Wildman–Crippen MR) is 127 cm³/mol. The van der Waals surface area contributed by atoms with Crippen molar-refractivity contribution in [3.8, 4) is 16.8 Å². The molecule has 1 aliphatic rings. The molecule has 0 atom stereocenters. The Morgan fingerprint density at radius 3 is 2.53 bits per heavy atom. The highest BCUT2D eigenvalue weighted by Gasteiger charge is 2.39. The van der Waals surface area contributed by atoms with E-state index in [1.807, 2.05) is 13.1 Å². The quantitative estimate of drug-likeness (QED) is 0.455. The van der Waals surface area contributed by atoms with Gasteiger partial charge in [-0.15, -0.1) is 0 Å². The van der Waals surface area contributed by atoms with Crippen LogP contribution in [0.5, 0.6) is 0 Å². The molecular weight excluding hydrogens is 446 g/mol. The number of hydrogen-bond donors (Lipinski definition) is 0. The summed E-state index contributed by atoms with van der Waals surface area (Å²) in [6.45, 7) is 4.73. The smallest absolute Gasteiger partial charge is 0.250 e. The summed E-state index contributed by atoms with van der Waals surface area (Å²) in [6.07, 6.45) is 10.1. The summed E-state index contributed by atoms with van der Waals surface area (Å²) in [6, 6.07) is 8.19. The molecule has 32 heavy (non-hydrogen) atoms. The molecule has 0 amide bonds. The van der Waals surface area contributed by atoms with Crippen LogP contribution in [0.4, 0.5) is 0 Å². The Morgan fingerprint density at radius 1 is 1.12 bits per heavy atom. The molecular formula is C24H28ClN3O3S. The SMILES string of the molecule is CCCn1cc(-n2cc(-c3ccc(S(=O)(=O)CC4(CC)CCC4)cc3Cl)cn2)ccc1=O. The zero-order valence-electron chi connectivity index (χ0n) is 18.4. The third-order valence-electron chi connectivity index (χ3n) is 6.55. The van der Waals surface area contributed by atoms with Gasteiger partial charge in [-0.2, -0.15) is 5.10 Å². The molecule has 0 radical (unpaired) electrons. The molecule has 8 heteroatoms. The van der Waals surface area contributed by atoms with Crippen molar-refractivity contribution in [2.45, 2.75) is 57.4 Å². The summed E-state index contributed by atoms with van der Waals surface area (Å²) < 4.78 is 29.3. The molecule has 0 N–H and O–H groups in total. The molecule has 1 fully saturated rings. The van der Waals surface area contributed by atoms with Gasteiger partial charge in [0.25, 0.3) is 5.56 Å². The van der Waals surface area contributed by atoms with Gasteiger partial charge >= 0.3 is 0 Å². The standard InChI is InChI=1S/C24H28ClN3O3S/c1-3-12-27-16-19(6-9-23(27)29)28-15-18(14-26-28)21-8-7-20(13-22(21)25)32(30,31)17-24(4-2)10-5-11-24/h6-9,13-16H,3-5,10-12,17H2,1-2H3. The van der Waals surface area contributed by atoms with Crippen molar-refractivity contribution in [2.75, 3.05) is 5.75 Å². The van der Waals surface area contributed by atoms with Crippen molar-refractivity contribution in [3.63, 3.8) is 0 Å². The predicted octanol–water partition coefficient (Wildman–Crippen LogP) is 5.12. The Labute approximate surface area is 193 Å². The second kappa shape index (κ2) is 8.87. The van der Waals surface area contributed by atoms with Crippen molar-refractivity contribution in [2.24, 2.45) is 5.41 Å². The van der Waals surface area contributed by atoms with Gasteiger partial charge in [0, 0.05) is 41.2 Å². The summed E-state index contributed by atoms with van der Waals surface area (Å²) in [5.74, 6) is 0.178. The molecule has 0 bridgehead atoms. The summed E-state index contributed by atoms with van der Waals surface area (Å²) in [5, 5.41) is 4.78. The van der Waals surface area contributed by atoms with Gasteiger partial charge in [-0.25, -0.2) is 13.1 Å². The van der Waals surface area contributed by atoms with E-state index in [4.69, 9.17) is 11.6 Å². The van der Waals surface area contributed by atoms with E-state index in [9.17, 15) is 13.2 Å². The normalized spacial score (nSPS) is 15.5. The van der Waals surface area contributed by atoms with E-state index >= 15 is 0 Å². The lowest BCUT2D eigenvalue weighted by Gasteiger charge is -2.40. The van der Waals surface area contributed by atoms with Crippen molar-refractivity contribution in [3.05, 3.63) is 64.3 Å². The number of pyridine rings is 1. The molecule has 0 saturated heterocycles. The number of hydrogen-bond acceptors (Lipinski definition) is 4. The summed E-state index contributed by atoms with van der Waals surface area (Å²) in [5.41, 5.74) is 2.13. The fraction of sp³-hybridized carbons (Fsp3) is 0.417. The van der Waals surface area contributed by atoms with E-state index in [-0.39, 0.29) is 21.6 Å². The Balaban J connectivity index is 1.60. The first-order chi connectivity index (χ1) is 15.3. The number of rotatable bonds is 8. The molecule has 1 saturated carbocycles. The van der Waals surface area contributed by atoms with Gasteiger partial charge in [0.1, 0.15) is 0 Å². The highest BCUT2D eigenvalue weighted by atomic mass is 35.5. The Bertz CT molecular complexity index is 1280. The third kappa shape index (κ3) is 4.41. The van der Waals surface area contributed by atoms with E-state index < -0.39 is 9.84 Å². The van der Waals surface area contributed by atoms with Crippen LogP contribution in [-0.2, 0) is 16.4 Å². The van der Waals surface area contributed by atoms with Crippen LogP contribution in [0.1, 0.15) is 46.0 Å². The fourth-order valence-corrected chi connectivity index (χ4v) is 6.75. The van der Waals surface area contributed by atoms with Crippen LogP contribution in [0.2, 0.25) is 5.02 Å². The maximum atomic E-state index is 13.0. The minimum absolute atomic E-state index is 0.0467. The lowest BCUT2D eigenvalue weighted by molar-refractivity contribution is 0.158. The van der Waals surface area contributed by atoms with Gasteiger partial charge in [-0.1, -0.05) is 37.9 Å². The van der Waals surface area contributed by atoms with E-state index in [1.54, 1.807) is 45.9 Å². The van der Waals surface area contributed by atoms with E-state index in [0.717, 1.165) is 43.4 Å². The molecule has 3 aromatic rings. The van der Waals surface area contributed by atoms with Crippen LogP contribution >= 0.6 is 11.6 Å². The first kappa shape index (κ1) is 22.8. The lowest BCUT2D eigenvalue weighted by Crippen LogP contribution is -2.36. The highest BCUT2D eigenvalue weighted by Crippen LogP contribution is 2.46. The third-order valence-corrected chi connectivity index (χ3v) is 8.83. The van der Waals surface area contributed by atoms with Crippen LogP contribution in [0.3, 0.4) is 0 Å². The van der Waals surface area contributed by atoms with Gasteiger partial charge in [-0.05, 0) is 49.3 Å². The topological polar surface area (TPSA) is 74.0 Å². The fourth-order valence-electron chi connectivity index (χ4n) is 4.36. The molecule has 1 aliphatic carbocycles. The maximum absolute atomic E-state index is 13.0. The van der Waals surface area contributed by atoms with E-state index in [0.29, 0.717) is 17.1 Å². The van der Waals surface area contributed by atoms with Crippen molar-refractivity contribution >= 4 is 21.4 Å². The van der Waals surface area contributed by atoms with Crippen molar-refractivity contribution in [1.82, 2.24) is 14.3 Å². The minimum Gasteiger partial charge on any atom is -0.313 e. The number of halogens is 1. The zero-order chi connectivity index (χ0) is 22.9. The van der Waals surface area contributed by atoms with Crippen LogP contribution in [0.15, 0.2) is 58.6 Å². The molecule has 4 rings (SSSR count). The van der Waals surface area contributed by atoms with Crippen LogP contribution in [0, 0.1) is 5.41 Å². The molecule has 0 aliphatic heterocycles. The molecule has 170 valence electrons. The van der Waals surface area contributed by atoms with E-state index in [1.165, 1.54) is 6.07 Å². The largest absolute Gasteiger partial charge is 0.313 e. The highest BCUT2D eigenvalue weighted by molar-refractivity contribution is 7.91. The minimum atomic E-state index is -3.40. The van der Waals surface area contributed by atoms with Crippen molar-refractivity contribution in [1.29, 1.82) is 0 Å². The Kier molecular flexibility index (Phi) is 6.32. The summed E-state index contributed by atoms with van der Waals surface area (Å²) in [4.78, 5) is 12.2. The molecule has 2 aromatic heterocycles. The van der Waals surface area contributed by atoms with Crippen LogP contribution in [-0.4, -0.2) is 28.5 Å². The van der Waals surface area contributed by atoms with Gasteiger partial charge in [-0.3, -0.25) is 4.79 Å². The molecule has 0 unspecified atom stereocenters. The maximum Gasteiger partial charge on any atom is 0.250 e. The number of aryl methyl sites for hydroxylation is 1. The summed E-state index contributed by atoms with van der Waals surface area (Å²) >= 11 is 6.52. The van der Waals surface area contributed by atoms with Crippen LogP contribution < -0.4 is 5.56 Å². The van der Waals surface area contributed by atoms with Gasteiger partial charge in [0.05, 0.1) is 22.5 Å². The van der Waals surface area contributed by atoms with Gasteiger partial charge < -0.3 is 4.57 Å². The molecule has 2 heterocycles. The first-order valence-electron chi connectivity index (χ1n) is 11.1. The molecule has 0 spiro atoms. The Hall–Kier alpha value is -2.38. The number of nitrogens with zero attached hydrogens (tertiary/aromatic N) is 3. The lowest BCUT2D eigenvalue weighted by atomic mass is 9.68. The number of aromatic nitrogens is 3. The Morgan fingerprint density at radius 2 is 1.91 bits per heavy atom. The monoisotopic (exact) mass is 473 g/mol. The second-order valence-corrected chi connectivity index (χ2v) is 11.1. The average Bonchev–Trinajstić information content (AvgIpc) is 3.22.